The highest BCUT2D eigenvalue weighted by atomic mass is 16.1. The van der Waals surface area contributed by atoms with Crippen LogP contribution in [0.2, 0.25) is 0 Å². The summed E-state index contributed by atoms with van der Waals surface area (Å²) >= 11 is 0. The molecule has 1 fully saturated rings. The molecule has 1 aliphatic carbocycles. The van der Waals surface area contributed by atoms with Gasteiger partial charge in [-0.15, -0.1) is 0 Å². The number of carbonyl (C=O) groups excluding carboxylic acids is 1. The van der Waals surface area contributed by atoms with Gasteiger partial charge in [-0.2, -0.15) is 0 Å². The van der Waals surface area contributed by atoms with Crippen molar-refractivity contribution in [3.05, 3.63) is 42.5 Å². The number of nitrogens with one attached hydrogen (secondary N) is 1. The predicted molar refractivity (Wildman–Crippen MR) is 57.2 cm³/mol. The summed E-state index contributed by atoms with van der Waals surface area (Å²) < 4.78 is 0. The fourth-order valence-electron chi connectivity index (χ4n) is 1.48. The van der Waals surface area contributed by atoms with Gasteiger partial charge in [-0.1, -0.05) is 18.7 Å². The quantitative estimate of drug-likeness (QED) is 0.724. The van der Waals surface area contributed by atoms with Crippen molar-refractivity contribution in [2.24, 2.45) is 0 Å². The molecule has 0 spiro atoms. The Hall–Kier alpha value is -1.57. The molecule has 0 aromatic heterocycles. The zero-order chi connectivity index (χ0) is 9.97. The van der Waals surface area contributed by atoms with E-state index in [4.69, 9.17) is 0 Å². The van der Waals surface area contributed by atoms with E-state index in [-0.39, 0.29) is 5.91 Å². The molecule has 2 nitrogen and oxygen atoms in total. The molecule has 1 aromatic carbocycles. The molecular formula is C12H13NO. The second kappa shape index (κ2) is 3.66. The van der Waals surface area contributed by atoms with Gasteiger partial charge < -0.3 is 5.32 Å². The van der Waals surface area contributed by atoms with Gasteiger partial charge >= 0.3 is 0 Å². The molecule has 14 heavy (non-hydrogen) atoms. The summed E-state index contributed by atoms with van der Waals surface area (Å²) in [6, 6.07) is 8.03. The van der Waals surface area contributed by atoms with E-state index in [9.17, 15) is 4.79 Å². The Labute approximate surface area is 83.6 Å². The van der Waals surface area contributed by atoms with Crippen molar-refractivity contribution < 1.29 is 4.79 Å². The number of benzene rings is 1. The van der Waals surface area contributed by atoms with Gasteiger partial charge in [0.05, 0.1) is 0 Å². The minimum absolute atomic E-state index is 0.155. The lowest BCUT2D eigenvalue weighted by Gasteiger charge is -2.04. The monoisotopic (exact) mass is 187 g/mol. The Morgan fingerprint density at radius 1 is 1.50 bits per heavy atom. The summed E-state index contributed by atoms with van der Waals surface area (Å²) in [5.41, 5.74) is 2.19. The molecule has 0 saturated heterocycles. The van der Waals surface area contributed by atoms with Crippen molar-refractivity contribution >= 4 is 11.6 Å². The minimum Gasteiger partial charge on any atom is -0.323 e. The van der Waals surface area contributed by atoms with Gasteiger partial charge in [0.25, 0.3) is 0 Å². The smallest absolute Gasteiger partial charge is 0.247 e. The van der Waals surface area contributed by atoms with Crippen LogP contribution in [0.1, 0.15) is 24.3 Å². The molecule has 1 amide bonds. The summed E-state index contributed by atoms with van der Waals surface area (Å²) in [6.07, 6.45) is 3.83. The van der Waals surface area contributed by atoms with Crippen LogP contribution in [-0.4, -0.2) is 5.91 Å². The van der Waals surface area contributed by atoms with Crippen molar-refractivity contribution in [2.75, 3.05) is 5.32 Å². The second-order valence-corrected chi connectivity index (χ2v) is 3.59. The first kappa shape index (κ1) is 9.00. The molecule has 1 aromatic rings. The standard InChI is InChI=1S/C12H13NO/c1-2-12(14)13-11-5-3-4-10(8-11)9-6-7-9/h2-5,8-9H,1,6-7H2,(H,13,14). The van der Waals surface area contributed by atoms with Crippen LogP contribution in [0.15, 0.2) is 36.9 Å². The van der Waals surface area contributed by atoms with E-state index in [1.54, 1.807) is 0 Å². The molecule has 2 heteroatoms. The van der Waals surface area contributed by atoms with Gasteiger partial charge in [-0.3, -0.25) is 4.79 Å². The van der Waals surface area contributed by atoms with Crippen LogP contribution in [0.5, 0.6) is 0 Å². The topological polar surface area (TPSA) is 29.1 Å². The van der Waals surface area contributed by atoms with Crippen LogP contribution in [0.4, 0.5) is 5.69 Å². The van der Waals surface area contributed by atoms with Gasteiger partial charge in [0, 0.05) is 5.69 Å². The lowest BCUT2D eigenvalue weighted by molar-refractivity contribution is -0.111. The average molecular weight is 187 g/mol. The number of amides is 1. The first-order valence-electron chi connectivity index (χ1n) is 4.83. The maximum Gasteiger partial charge on any atom is 0.247 e. The largest absolute Gasteiger partial charge is 0.323 e. The third kappa shape index (κ3) is 2.02. The lowest BCUT2D eigenvalue weighted by Crippen LogP contribution is -2.07. The van der Waals surface area contributed by atoms with Gasteiger partial charge in [0.1, 0.15) is 0 Å². The van der Waals surface area contributed by atoms with Crippen molar-refractivity contribution in [3.8, 4) is 0 Å². The highest BCUT2D eigenvalue weighted by Gasteiger charge is 2.23. The Balaban J connectivity index is 2.13. The normalized spacial score (nSPS) is 14.9. The summed E-state index contributed by atoms with van der Waals surface area (Å²) in [7, 11) is 0. The molecule has 1 N–H and O–H groups in total. The van der Waals surface area contributed by atoms with Crippen molar-refractivity contribution in [1.82, 2.24) is 0 Å². The third-order valence-electron chi connectivity index (χ3n) is 2.39. The number of hydrogen-bond acceptors (Lipinski definition) is 1. The lowest BCUT2D eigenvalue weighted by atomic mass is 10.1. The Bertz CT molecular complexity index is 366. The van der Waals surface area contributed by atoms with Crippen LogP contribution in [0, 0.1) is 0 Å². The molecule has 0 atom stereocenters. The van der Waals surface area contributed by atoms with Gasteiger partial charge in [-0.25, -0.2) is 0 Å². The predicted octanol–water partition coefficient (Wildman–Crippen LogP) is 2.69. The van der Waals surface area contributed by atoms with Crippen LogP contribution in [0.3, 0.4) is 0 Å². The molecule has 72 valence electrons. The second-order valence-electron chi connectivity index (χ2n) is 3.59. The van der Waals surface area contributed by atoms with Crippen molar-refractivity contribution in [2.45, 2.75) is 18.8 Å². The molecule has 1 aliphatic rings. The molecule has 0 bridgehead atoms. The van der Waals surface area contributed by atoms with E-state index in [1.807, 2.05) is 18.2 Å². The maximum atomic E-state index is 11.0. The number of carbonyl (C=O) groups is 1. The van der Waals surface area contributed by atoms with E-state index >= 15 is 0 Å². The fraction of sp³-hybridized carbons (Fsp3) is 0.250. The first-order chi connectivity index (χ1) is 6.79. The zero-order valence-electron chi connectivity index (χ0n) is 7.99. The zero-order valence-corrected chi connectivity index (χ0v) is 7.99. The van der Waals surface area contributed by atoms with Gasteiger partial charge in [0.2, 0.25) is 5.91 Å². The van der Waals surface area contributed by atoms with E-state index in [0.717, 1.165) is 11.6 Å². The molecule has 0 unspecified atom stereocenters. The van der Waals surface area contributed by atoms with Crippen LogP contribution < -0.4 is 5.32 Å². The molecule has 2 rings (SSSR count). The van der Waals surface area contributed by atoms with Gasteiger partial charge in [-0.05, 0) is 42.5 Å². The number of hydrogen-bond donors (Lipinski definition) is 1. The van der Waals surface area contributed by atoms with Crippen molar-refractivity contribution in [1.29, 1.82) is 0 Å². The van der Waals surface area contributed by atoms with Crippen LogP contribution in [-0.2, 0) is 4.79 Å². The summed E-state index contributed by atoms with van der Waals surface area (Å²) in [4.78, 5) is 11.0. The summed E-state index contributed by atoms with van der Waals surface area (Å²) in [5.74, 6) is 0.563. The van der Waals surface area contributed by atoms with E-state index in [2.05, 4.69) is 18.0 Å². The van der Waals surface area contributed by atoms with E-state index < -0.39 is 0 Å². The minimum atomic E-state index is -0.155. The van der Waals surface area contributed by atoms with E-state index in [1.165, 1.54) is 24.5 Å². The van der Waals surface area contributed by atoms with Crippen LogP contribution in [0.25, 0.3) is 0 Å². The highest BCUT2D eigenvalue weighted by Crippen LogP contribution is 2.40. The average Bonchev–Trinajstić information content (AvgIpc) is 3.01. The summed E-state index contributed by atoms with van der Waals surface area (Å²) in [6.45, 7) is 3.41. The maximum absolute atomic E-state index is 11.0. The van der Waals surface area contributed by atoms with E-state index in [0.29, 0.717) is 0 Å². The van der Waals surface area contributed by atoms with Crippen LogP contribution >= 0.6 is 0 Å². The SMILES string of the molecule is C=CC(=O)Nc1cccc(C2CC2)c1. The third-order valence-corrected chi connectivity index (χ3v) is 2.39. The number of anilines is 1. The molecule has 1 saturated carbocycles. The molecular weight excluding hydrogens is 174 g/mol. The Morgan fingerprint density at radius 2 is 2.29 bits per heavy atom. The molecule has 0 radical (unpaired) electrons. The molecule has 0 heterocycles. The fourth-order valence-corrected chi connectivity index (χ4v) is 1.48. The first-order valence-corrected chi connectivity index (χ1v) is 4.83. The highest BCUT2D eigenvalue weighted by molar-refractivity contribution is 5.98. The Kier molecular flexibility index (Phi) is 2.35. The molecule has 0 aliphatic heterocycles. The number of rotatable bonds is 3. The Morgan fingerprint density at radius 3 is 2.93 bits per heavy atom. The van der Waals surface area contributed by atoms with Gasteiger partial charge in [0.15, 0.2) is 0 Å². The summed E-state index contributed by atoms with van der Waals surface area (Å²) in [5, 5.41) is 2.76. The van der Waals surface area contributed by atoms with Crippen molar-refractivity contribution in [3.63, 3.8) is 0 Å².